The molecule has 2 aliphatic rings. The number of nitriles is 1. The number of carbonyl (C=O) groups excluding carboxylic acids is 7. The molecule has 4 N–H and O–H groups in total. The van der Waals surface area contributed by atoms with Crippen LogP contribution in [0.1, 0.15) is 67.1 Å². The van der Waals surface area contributed by atoms with E-state index in [4.69, 9.17) is 32.9 Å². The Labute approximate surface area is 567 Å². The zero-order chi connectivity index (χ0) is 66.8. The quantitative estimate of drug-likeness (QED) is 0.0289. The minimum atomic E-state index is -2.20. The number of hydrazine groups is 1. The van der Waals surface area contributed by atoms with Gasteiger partial charge in [0.2, 0.25) is 23.6 Å². The van der Waals surface area contributed by atoms with Crippen LogP contribution in [0.4, 0.5) is 11.9 Å². The number of ketones is 1. The molecule has 90 heavy (non-hydrogen) atoms. The number of nitrogens with one attached hydrogen (secondary N) is 2. The third-order valence-corrected chi connectivity index (χ3v) is 11.4. The monoisotopic (exact) mass is 1680 g/mol. The molecule has 40 heteroatoms. The van der Waals surface area contributed by atoms with Crippen molar-refractivity contribution in [2.45, 2.75) is 65.1 Å². The molecule has 0 bridgehead atoms. The normalized spacial score (nSPS) is 13.6. The molecule has 7 aromatic rings. The van der Waals surface area contributed by atoms with Crippen molar-refractivity contribution < 1.29 is 74.8 Å². The summed E-state index contributed by atoms with van der Waals surface area (Å²) >= 11 is 16.6. The number of amides is 3. The SMILES string of the molecule is CC#N.CCOC(=O)C1CC(=O)NN1c1ncccn1.CCOC(=O)C1CC(Br)=NN1c1ncccn1.CCOC(=O)c1cc(Br)nn1-c1ncccn1.NC(=O)C(=O)C(Cc1ccccc1)NC(=O)c1cc(Br)nn1-c1ncccn1.O=P(Br)(Br)Br.[O]=[Mn]=[O]. The van der Waals surface area contributed by atoms with Crippen LogP contribution >= 0.6 is 97.5 Å². The van der Waals surface area contributed by atoms with Gasteiger partial charge in [-0.25, -0.2) is 64.3 Å². The molecule has 0 aliphatic carbocycles. The molecule has 1 aromatic carbocycles. The molecule has 9 rings (SSSR count). The van der Waals surface area contributed by atoms with E-state index in [1.165, 1.54) is 57.2 Å². The van der Waals surface area contributed by atoms with E-state index >= 15 is 0 Å². The summed E-state index contributed by atoms with van der Waals surface area (Å²) in [5, 5.41) is 25.1. The fraction of sp³-hybridized carbons (Fsp3) is 0.260. The van der Waals surface area contributed by atoms with Crippen LogP contribution in [-0.2, 0) is 71.7 Å². The van der Waals surface area contributed by atoms with E-state index in [9.17, 15) is 38.1 Å². The summed E-state index contributed by atoms with van der Waals surface area (Å²) in [6.07, 6.45) is 13.1. The Bertz CT molecular complexity index is 3630. The number of halogens is 6. The number of carbonyl (C=O) groups is 7. The molecule has 32 nitrogen and oxygen atoms in total. The molecule has 6 aromatic heterocycles. The van der Waals surface area contributed by atoms with Crippen LogP contribution in [0.5, 0.6) is 0 Å². The summed E-state index contributed by atoms with van der Waals surface area (Å²) in [6.45, 7) is 7.57. The van der Waals surface area contributed by atoms with Gasteiger partial charge >= 0.3 is 40.4 Å². The van der Waals surface area contributed by atoms with E-state index in [1.54, 1.807) is 106 Å². The van der Waals surface area contributed by atoms with Gasteiger partial charge in [-0.2, -0.15) is 29.9 Å². The molecule has 1 saturated heterocycles. The van der Waals surface area contributed by atoms with Gasteiger partial charge in [-0.15, -0.1) is 0 Å². The number of hydrogen-bond donors (Lipinski definition) is 3. The molecule has 3 amide bonds. The standard InChI is InChI=1S/C18H15BrN6O3.C10H11BrN4O2.C10H9BrN4O2.C10H12N4O3.C2H3N.Br3OP.Mn.2O/c19-14-10-13(25(24-14)18-21-7-4-8-22-18)17(28)23-12(15(26)16(20)27)9-11-5-2-1-3-6-11;2*1-2-17-9(16)7-6-8(11)14-15(7)10-12-4-3-5-13-10;1-2-17-9(16)7-6-8(15)13-14(7)10-11-4-3-5-12-10;1-2-3;1-5(2,3)4;;;/h1-8,10,12H,9H2,(H2,20,27)(H,23,28);3-5,7H,2,6H2,1H3;3-6H,2H2,1H3;3-5,7H,2,6H2,1H3,(H,13,15);1H3;;;;. The second-order valence-corrected chi connectivity index (χ2v) is 37.3. The van der Waals surface area contributed by atoms with Crippen LogP contribution in [0.2, 0.25) is 0 Å². The molecule has 8 heterocycles. The predicted octanol–water partition coefficient (Wildman–Crippen LogP) is 6.97. The van der Waals surface area contributed by atoms with Crippen molar-refractivity contribution in [1.29, 1.82) is 5.26 Å². The number of esters is 3. The molecule has 3 atom stereocenters. The molecular formula is C50H50Br6MnN19O13P. The Morgan fingerprint density at radius 3 is 1.54 bits per heavy atom. The van der Waals surface area contributed by atoms with Gasteiger partial charge in [-0.1, -0.05) is 30.3 Å². The number of Topliss-reactive ketones (excluding diaryl/α,β-unsaturated/α-hetero) is 1. The van der Waals surface area contributed by atoms with Gasteiger partial charge in [0.15, 0.2) is 17.8 Å². The molecule has 2 aliphatic heterocycles. The van der Waals surface area contributed by atoms with E-state index in [0.29, 0.717) is 45.4 Å². The maximum atomic E-state index is 12.8. The van der Waals surface area contributed by atoms with Gasteiger partial charge in [-0.05, 0) is 98.4 Å². The summed E-state index contributed by atoms with van der Waals surface area (Å²) in [5.74, 6) is -2.97. The summed E-state index contributed by atoms with van der Waals surface area (Å²) in [4.78, 5) is 115. The first-order valence-corrected chi connectivity index (χ1v) is 36.3. The fourth-order valence-electron chi connectivity index (χ4n) is 6.83. The number of hydrogen-bond acceptors (Lipinski definition) is 27. The van der Waals surface area contributed by atoms with Crippen molar-refractivity contribution in [3.63, 3.8) is 0 Å². The van der Waals surface area contributed by atoms with E-state index in [1.807, 2.05) is 6.07 Å². The van der Waals surface area contributed by atoms with Gasteiger partial charge in [0, 0.05) is 128 Å². The second-order valence-electron chi connectivity index (χ2n) is 16.2. The zero-order valence-corrected chi connectivity index (χ0v) is 58.7. The van der Waals surface area contributed by atoms with Crippen LogP contribution in [0, 0.1) is 11.3 Å². The number of ether oxygens (including phenoxy) is 3. The summed E-state index contributed by atoms with van der Waals surface area (Å²) < 4.78 is 43.5. The maximum absolute atomic E-state index is 12.8. The molecule has 0 spiro atoms. The summed E-state index contributed by atoms with van der Waals surface area (Å²) in [5.41, 5.74) is 8.81. The molecule has 477 valence electrons. The third kappa shape index (κ3) is 26.9. The van der Waals surface area contributed by atoms with Gasteiger partial charge in [0.1, 0.15) is 25.6 Å². The van der Waals surface area contributed by atoms with Crippen molar-refractivity contribution in [3.05, 3.63) is 142 Å². The Morgan fingerprint density at radius 2 is 1.10 bits per heavy atom. The minimum absolute atomic E-state index is 0.0527. The third-order valence-electron chi connectivity index (χ3n) is 10.2. The Hall–Kier alpha value is -7.56. The number of nitrogens with zero attached hydrogens (tertiary/aromatic N) is 16. The van der Waals surface area contributed by atoms with E-state index in [-0.39, 0.29) is 54.6 Å². The molecular weight excluding hydrogens is 1640 g/mol. The first-order valence-electron chi connectivity index (χ1n) is 25.2. The average molecular weight is 1690 g/mol. The van der Waals surface area contributed by atoms with Crippen molar-refractivity contribution in [2.24, 2.45) is 10.8 Å². The van der Waals surface area contributed by atoms with Gasteiger partial charge in [0.05, 0.1) is 32.3 Å². The number of hydrazone groups is 1. The van der Waals surface area contributed by atoms with E-state index < -0.39 is 65.7 Å². The molecule has 3 unspecified atom stereocenters. The predicted molar refractivity (Wildman–Crippen MR) is 336 cm³/mol. The van der Waals surface area contributed by atoms with Crippen LogP contribution in [0.15, 0.2) is 131 Å². The van der Waals surface area contributed by atoms with E-state index in [0.717, 1.165) is 5.56 Å². The van der Waals surface area contributed by atoms with Crippen molar-refractivity contribution in [2.75, 3.05) is 29.8 Å². The van der Waals surface area contributed by atoms with Crippen LogP contribution in [0.25, 0.3) is 11.9 Å². The average Bonchev–Trinajstić information content (AvgIpc) is 2.29. The number of aromatic nitrogens is 12. The van der Waals surface area contributed by atoms with Gasteiger partial charge < -0.3 is 25.3 Å². The number of nitrogens with two attached hydrogens (primary N) is 1. The fourth-order valence-corrected chi connectivity index (χ4v) is 8.06. The molecule has 1 fully saturated rings. The van der Waals surface area contributed by atoms with Crippen molar-refractivity contribution >= 4 is 155 Å². The first-order chi connectivity index (χ1) is 42.9. The van der Waals surface area contributed by atoms with Gasteiger partial charge in [-0.3, -0.25) is 29.2 Å². The van der Waals surface area contributed by atoms with Crippen LogP contribution in [0.3, 0.4) is 0 Å². The van der Waals surface area contributed by atoms with Crippen molar-refractivity contribution in [3.8, 4) is 18.0 Å². The Morgan fingerprint density at radius 1 is 0.689 bits per heavy atom. The van der Waals surface area contributed by atoms with Crippen LogP contribution in [-0.4, -0.2) is 143 Å². The Balaban J connectivity index is 0.000000303. The van der Waals surface area contributed by atoms with E-state index in [2.05, 4.69) is 160 Å². The van der Waals surface area contributed by atoms with Gasteiger partial charge in [0.25, 0.3) is 27.0 Å². The number of benzene rings is 1. The molecule has 0 saturated carbocycles. The summed E-state index contributed by atoms with van der Waals surface area (Å²) in [6, 6.07) is 18.1. The number of rotatable bonds is 16. The zero-order valence-electron chi connectivity index (χ0n) is 47.1. The van der Waals surface area contributed by atoms with Crippen molar-refractivity contribution in [1.82, 2.24) is 70.2 Å². The van der Waals surface area contributed by atoms with Crippen LogP contribution < -0.4 is 26.5 Å². The first kappa shape index (κ1) is 76.7. The second kappa shape index (κ2) is 40.9. The number of anilines is 2. The topological polar surface area (TPSA) is 430 Å². The number of primary amides is 1. The summed E-state index contributed by atoms with van der Waals surface area (Å²) in [7, 11) is 0. The Kier molecular flexibility index (Phi) is 34.9. The molecule has 0 radical (unpaired) electrons.